The number of hydrogen-bond acceptors (Lipinski definition) is 3. The van der Waals surface area contributed by atoms with Gasteiger partial charge in [0, 0.05) is 13.1 Å². The Balaban J connectivity index is 2.85. The number of benzene rings is 1. The smallest absolute Gasteiger partial charge is 0.338 e. The van der Waals surface area contributed by atoms with Gasteiger partial charge in [0.05, 0.1) is 12.7 Å². The fraction of sp³-hybridized carbons (Fsp3) is 0.533. The maximum Gasteiger partial charge on any atom is 0.338 e. The number of nitrogens with zero attached hydrogens (tertiary/aromatic N) is 1. The summed E-state index contributed by atoms with van der Waals surface area (Å²) in [5.74, 6) is 0.362. The minimum atomic E-state index is -0.258. The number of carbonyl (C=O) groups excluding carboxylic acids is 1. The molecule has 1 aromatic rings. The predicted octanol–water partition coefficient (Wildman–Crippen LogP) is 2.95. The Hall–Kier alpha value is -1.35. The van der Waals surface area contributed by atoms with Crippen LogP contribution in [0.25, 0.3) is 0 Å². The molecule has 0 unspecified atom stereocenters. The molecule has 0 bridgehead atoms. The van der Waals surface area contributed by atoms with E-state index in [1.54, 1.807) is 0 Å². The summed E-state index contributed by atoms with van der Waals surface area (Å²) in [6.07, 6.45) is 0. The fourth-order valence-corrected chi connectivity index (χ4v) is 2.03. The average molecular weight is 249 g/mol. The van der Waals surface area contributed by atoms with E-state index in [1.165, 1.54) is 7.11 Å². The molecule has 18 heavy (non-hydrogen) atoms. The number of carbonyl (C=O) groups is 1. The molecule has 0 aliphatic heterocycles. The topological polar surface area (TPSA) is 29.5 Å². The van der Waals surface area contributed by atoms with Gasteiger partial charge < -0.3 is 4.74 Å². The summed E-state index contributed by atoms with van der Waals surface area (Å²) in [6, 6.07) is 7.65. The number of rotatable bonds is 6. The molecule has 0 aliphatic carbocycles. The molecule has 0 saturated carbocycles. The molecule has 3 heteroatoms. The third-order valence-corrected chi connectivity index (χ3v) is 2.89. The highest BCUT2D eigenvalue weighted by Gasteiger charge is 2.13. The number of methoxy groups -OCH3 is 1. The summed E-state index contributed by atoms with van der Waals surface area (Å²) in [5, 5.41) is 0. The molecule has 0 aliphatic rings. The monoisotopic (exact) mass is 249 g/mol. The van der Waals surface area contributed by atoms with Crippen LogP contribution in [0.5, 0.6) is 0 Å². The number of esters is 1. The highest BCUT2D eigenvalue weighted by molar-refractivity contribution is 5.90. The van der Waals surface area contributed by atoms with Crippen molar-refractivity contribution in [2.45, 2.75) is 27.3 Å². The quantitative estimate of drug-likeness (QED) is 0.726. The van der Waals surface area contributed by atoms with E-state index < -0.39 is 0 Å². The van der Waals surface area contributed by atoms with Crippen LogP contribution in [0.15, 0.2) is 24.3 Å². The van der Waals surface area contributed by atoms with Crippen LogP contribution in [0.2, 0.25) is 0 Å². The lowest BCUT2D eigenvalue weighted by Crippen LogP contribution is -2.28. The van der Waals surface area contributed by atoms with Crippen LogP contribution in [0, 0.1) is 5.92 Å². The third-order valence-electron chi connectivity index (χ3n) is 2.89. The minimum absolute atomic E-state index is 0.258. The molecule has 1 aromatic carbocycles. The molecule has 0 N–H and O–H groups in total. The minimum Gasteiger partial charge on any atom is -0.465 e. The van der Waals surface area contributed by atoms with E-state index in [-0.39, 0.29) is 5.97 Å². The van der Waals surface area contributed by atoms with Gasteiger partial charge >= 0.3 is 5.97 Å². The first kappa shape index (κ1) is 14.7. The van der Waals surface area contributed by atoms with Crippen LogP contribution in [0.4, 0.5) is 0 Å². The summed E-state index contributed by atoms with van der Waals surface area (Å²) < 4.78 is 4.82. The van der Waals surface area contributed by atoms with Crippen LogP contribution in [-0.2, 0) is 11.3 Å². The van der Waals surface area contributed by atoms with Crippen molar-refractivity contribution >= 4 is 5.97 Å². The molecule has 0 spiro atoms. The van der Waals surface area contributed by atoms with Crippen molar-refractivity contribution < 1.29 is 9.53 Å². The van der Waals surface area contributed by atoms with Gasteiger partial charge in [0.1, 0.15) is 0 Å². The van der Waals surface area contributed by atoms with Gasteiger partial charge in [0.15, 0.2) is 0 Å². The highest BCUT2D eigenvalue weighted by Crippen LogP contribution is 2.13. The van der Waals surface area contributed by atoms with E-state index in [2.05, 4.69) is 25.7 Å². The van der Waals surface area contributed by atoms with Crippen LogP contribution in [-0.4, -0.2) is 31.1 Å². The molecule has 100 valence electrons. The van der Waals surface area contributed by atoms with Crippen molar-refractivity contribution in [2.24, 2.45) is 5.92 Å². The Morgan fingerprint density at radius 2 is 2.00 bits per heavy atom. The molecule has 3 nitrogen and oxygen atoms in total. The first-order valence-corrected chi connectivity index (χ1v) is 6.47. The van der Waals surface area contributed by atoms with Crippen molar-refractivity contribution in [1.82, 2.24) is 4.90 Å². The summed E-state index contributed by atoms with van der Waals surface area (Å²) >= 11 is 0. The first-order chi connectivity index (χ1) is 8.58. The van der Waals surface area contributed by atoms with Gasteiger partial charge in [-0.1, -0.05) is 39.0 Å². The van der Waals surface area contributed by atoms with Gasteiger partial charge in [-0.3, -0.25) is 4.90 Å². The van der Waals surface area contributed by atoms with Crippen LogP contribution < -0.4 is 0 Å². The molecule has 0 amide bonds. The number of hydrogen-bond donors (Lipinski definition) is 0. The molecule has 0 atom stereocenters. The van der Waals surface area contributed by atoms with Crippen molar-refractivity contribution in [3.05, 3.63) is 35.4 Å². The van der Waals surface area contributed by atoms with E-state index >= 15 is 0 Å². The molecule has 1 rings (SSSR count). The summed E-state index contributed by atoms with van der Waals surface area (Å²) in [7, 11) is 1.42. The van der Waals surface area contributed by atoms with Gasteiger partial charge in [-0.15, -0.1) is 0 Å². The third kappa shape index (κ3) is 4.15. The summed E-state index contributed by atoms with van der Waals surface area (Å²) in [6.45, 7) is 9.35. The normalized spacial score (nSPS) is 11.0. The second-order valence-corrected chi connectivity index (χ2v) is 4.87. The molecule has 0 aromatic heterocycles. The molecular weight excluding hydrogens is 226 g/mol. The Kier molecular flexibility index (Phi) is 5.86. The largest absolute Gasteiger partial charge is 0.465 e. The van der Waals surface area contributed by atoms with E-state index in [4.69, 9.17) is 4.74 Å². The second-order valence-electron chi connectivity index (χ2n) is 4.87. The van der Waals surface area contributed by atoms with Crippen LogP contribution in [0.3, 0.4) is 0 Å². The molecule has 0 fully saturated rings. The van der Waals surface area contributed by atoms with E-state index in [0.29, 0.717) is 11.5 Å². The standard InChI is InChI=1S/C15H23NO2/c1-5-16(10-12(2)3)11-13-8-6-7-9-14(13)15(17)18-4/h6-9,12H,5,10-11H2,1-4H3. The van der Waals surface area contributed by atoms with Crippen LogP contribution >= 0.6 is 0 Å². The van der Waals surface area contributed by atoms with E-state index in [0.717, 1.165) is 25.2 Å². The average Bonchev–Trinajstić information content (AvgIpc) is 2.37. The van der Waals surface area contributed by atoms with E-state index in [9.17, 15) is 4.79 Å². The SMILES string of the molecule is CCN(Cc1ccccc1C(=O)OC)CC(C)C. The zero-order valence-electron chi connectivity index (χ0n) is 11.8. The molecular formula is C15H23NO2. The lowest BCUT2D eigenvalue weighted by atomic mass is 10.1. The maximum absolute atomic E-state index is 11.7. The maximum atomic E-state index is 11.7. The zero-order valence-corrected chi connectivity index (χ0v) is 11.8. The van der Waals surface area contributed by atoms with Gasteiger partial charge in [-0.05, 0) is 24.1 Å². The van der Waals surface area contributed by atoms with Gasteiger partial charge in [-0.2, -0.15) is 0 Å². The van der Waals surface area contributed by atoms with E-state index in [1.807, 2.05) is 24.3 Å². The Morgan fingerprint density at radius 1 is 1.33 bits per heavy atom. The fourth-order valence-electron chi connectivity index (χ4n) is 2.03. The summed E-state index contributed by atoms with van der Waals surface area (Å²) in [5.41, 5.74) is 1.70. The molecule has 0 radical (unpaired) electrons. The molecule has 0 saturated heterocycles. The second kappa shape index (κ2) is 7.17. The number of ether oxygens (including phenoxy) is 1. The molecule has 0 heterocycles. The zero-order chi connectivity index (χ0) is 13.5. The van der Waals surface area contributed by atoms with Crippen LogP contribution in [0.1, 0.15) is 36.7 Å². The Morgan fingerprint density at radius 3 is 2.56 bits per heavy atom. The Labute approximate surface area is 110 Å². The summed E-state index contributed by atoms with van der Waals surface area (Å²) in [4.78, 5) is 14.0. The van der Waals surface area contributed by atoms with Gasteiger partial charge in [0.2, 0.25) is 0 Å². The Bertz CT molecular complexity index is 388. The first-order valence-electron chi connectivity index (χ1n) is 6.47. The predicted molar refractivity (Wildman–Crippen MR) is 73.6 cm³/mol. The van der Waals surface area contributed by atoms with Crippen molar-refractivity contribution in [3.8, 4) is 0 Å². The van der Waals surface area contributed by atoms with Crippen molar-refractivity contribution in [3.63, 3.8) is 0 Å². The highest BCUT2D eigenvalue weighted by atomic mass is 16.5. The van der Waals surface area contributed by atoms with Crippen molar-refractivity contribution in [2.75, 3.05) is 20.2 Å². The van der Waals surface area contributed by atoms with Gasteiger partial charge in [-0.25, -0.2) is 4.79 Å². The lowest BCUT2D eigenvalue weighted by Gasteiger charge is -2.23. The van der Waals surface area contributed by atoms with Crippen molar-refractivity contribution in [1.29, 1.82) is 0 Å². The lowest BCUT2D eigenvalue weighted by molar-refractivity contribution is 0.0598. The van der Waals surface area contributed by atoms with Gasteiger partial charge in [0.25, 0.3) is 0 Å².